The molecular formula is C25H28ClN5O5S2. The number of aryl methyl sites for hydroxylation is 2. The van der Waals surface area contributed by atoms with Crippen LogP contribution in [0.15, 0.2) is 59.5 Å². The quantitative estimate of drug-likeness (QED) is 0.416. The van der Waals surface area contributed by atoms with Gasteiger partial charge in [-0.1, -0.05) is 29.8 Å². The van der Waals surface area contributed by atoms with Crippen molar-refractivity contribution in [2.75, 3.05) is 23.1 Å². The Balaban J connectivity index is 1.33. The third-order valence-corrected chi connectivity index (χ3v) is 9.69. The van der Waals surface area contributed by atoms with Gasteiger partial charge in [-0.3, -0.25) is 4.79 Å². The molecule has 2 N–H and O–H groups in total. The van der Waals surface area contributed by atoms with Gasteiger partial charge in [0.2, 0.25) is 21.9 Å². The second-order valence-electron chi connectivity index (χ2n) is 9.11. The van der Waals surface area contributed by atoms with Crippen LogP contribution in [0.1, 0.15) is 29.8 Å². The average Bonchev–Trinajstić information content (AvgIpc) is 2.85. The lowest BCUT2D eigenvalue weighted by Crippen LogP contribution is -2.41. The Morgan fingerprint density at radius 2 is 1.58 bits per heavy atom. The summed E-state index contributed by atoms with van der Waals surface area (Å²) >= 11 is 6.11. The van der Waals surface area contributed by atoms with E-state index in [1.807, 2.05) is 0 Å². The minimum Gasteiger partial charge on any atom is -0.326 e. The lowest BCUT2D eigenvalue weighted by atomic mass is 9.97. The number of piperidine rings is 1. The highest BCUT2D eigenvalue weighted by atomic mass is 35.5. The molecule has 38 heavy (non-hydrogen) atoms. The molecule has 0 atom stereocenters. The molecule has 13 heteroatoms. The molecule has 1 amide bonds. The Morgan fingerprint density at radius 1 is 0.974 bits per heavy atom. The number of carbonyl (C=O) groups is 1. The Hall–Kier alpha value is -3.06. The first-order valence-corrected chi connectivity index (χ1v) is 15.4. The van der Waals surface area contributed by atoms with E-state index < -0.39 is 20.0 Å². The van der Waals surface area contributed by atoms with Crippen molar-refractivity contribution in [2.24, 2.45) is 5.92 Å². The fourth-order valence-electron chi connectivity index (χ4n) is 4.21. The second-order valence-corrected chi connectivity index (χ2v) is 13.2. The first-order chi connectivity index (χ1) is 17.9. The maximum Gasteiger partial charge on any atom is 0.264 e. The number of halogens is 1. The van der Waals surface area contributed by atoms with Crippen LogP contribution in [0.4, 0.5) is 11.6 Å². The molecule has 2 aromatic carbocycles. The Labute approximate surface area is 227 Å². The van der Waals surface area contributed by atoms with Gasteiger partial charge in [0.25, 0.3) is 10.0 Å². The Kier molecular flexibility index (Phi) is 8.36. The third-order valence-electron chi connectivity index (χ3n) is 6.15. The third kappa shape index (κ3) is 6.87. The number of sulfonamides is 2. The van der Waals surface area contributed by atoms with Gasteiger partial charge >= 0.3 is 0 Å². The number of anilines is 2. The van der Waals surface area contributed by atoms with E-state index in [0.717, 1.165) is 0 Å². The van der Waals surface area contributed by atoms with Crippen molar-refractivity contribution in [2.45, 2.75) is 37.3 Å². The number of aromatic nitrogens is 2. The smallest absolute Gasteiger partial charge is 0.264 e. The fraction of sp³-hybridized carbons (Fsp3) is 0.320. The lowest BCUT2D eigenvalue weighted by molar-refractivity contribution is -0.120. The SMILES string of the molecule is Cc1cc(C)nc(NS(=O)(=O)c2ccc(NC(=O)C3CCN(S(=O)(=O)Cc4ccccc4Cl)CC3)cc2)n1. The first kappa shape index (κ1) is 28.0. The van der Waals surface area contributed by atoms with Crippen molar-refractivity contribution in [1.82, 2.24) is 14.3 Å². The maximum atomic E-state index is 12.8. The zero-order chi connectivity index (χ0) is 27.5. The van der Waals surface area contributed by atoms with E-state index in [0.29, 0.717) is 40.5 Å². The number of nitrogens with zero attached hydrogens (tertiary/aromatic N) is 3. The molecule has 1 aromatic heterocycles. The molecule has 3 aromatic rings. The van der Waals surface area contributed by atoms with Crippen molar-refractivity contribution in [3.63, 3.8) is 0 Å². The maximum absolute atomic E-state index is 12.8. The van der Waals surface area contributed by atoms with Gasteiger partial charge in [0, 0.05) is 41.1 Å². The Morgan fingerprint density at radius 3 is 2.18 bits per heavy atom. The van der Waals surface area contributed by atoms with Crippen LogP contribution >= 0.6 is 11.6 Å². The van der Waals surface area contributed by atoms with Crippen molar-refractivity contribution in [1.29, 1.82) is 0 Å². The van der Waals surface area contributed by atoms with Gasteiger partial charge in [0.05, 0.1) is 10.6 Å². The standard InChI is InChI=1S/C25H28ClN5O5S2/c1-17-15-18(2)28-25(27-17)30-38(35,36)22-9-7-21(8-10-22)29-24(32)19-11-13-31(14-12-19)37(33,34)16-20-5-3-4-6-23(20)26/h3-10,15,19H,11-14,16H2,1-2H3,(H,29,32)(H,27,28,30). The summed E-state index contributed by atoms with van der Waals surface area (Å²) in [6.07, 6.45) is 0.750. The number of nitrogens with one attached hydrogen (secondary N) is 2. The largest absolute Gasteiger partial charge is 0.326 e. The molecule has 0 aliphatic carbocycles. The highest BCUT2D eigenvalue weighted by Gasteiger charge is 2.31. The average molecular weight is 578 g/mol. The molecule has 4 rings (SSSR count). The minimum atomic E-state index is -3.92. The van der Waals surface area contributed by atoms with Gasteiger partial charge in [-0.05, 0) is 68.7 Å². The summed E-state index contributed by atoms with van der Waals surface area (Å²) in [6.45, 7) is 3.95. The van der Waals surface area contributed by atoms with Gasteiger partial charge in [-0.2, -0.15) is 0 Å². The van der Waals surface area contributed by atoms with Gasteiger partial charge in [-0.15, -0.1) is 0 Å². The molecule has 0 unspecified atom stereocenters. The highest BCUT2D eigenvalue weighted by Crippen LogP contribution is 2.25. The molecule has 10 nitrogen and oxygen atoms in total. The molecular weight excluding hydrogens is 550 g/mol. The van der Waals surface area contributed by atoms with Crippen molar-refractivity contribution >= 4 is 49.2 Å². The molecule has 202 valence electrons. The summed E-state index contributed by atoms with van der Waals surface area (Å²) in [5.41, 5.74) is 2.25. The van der Waals surface area contributed by atoms with Crippen LogP contribution in [-0.2, 0) is 30.6 Å². The van der Waals surface area contributed by atoms with E-state index in [4.69, 9.17) is 11.6 Å². The number of carbonyl (C=O) groups excluding carboxylic acids is 1. The van der Waals surface area contributed by atoms with E-state index in [-0.39, 0.29) is 41.5 Å². The van der Waals surface area contributed by atoms with E-state index in [9.17, 15) is 21.6 Å². The molecule has 1 aliphatic heterocycles. The second kappa shape index (κ2) is 11.4. The van der Waals surface area contributed by atoms with Crippen LogP contribution in [0.5, 0.6) is 0 Å². The van der Waals surface area contributed by atoms with Crippen LogP contribution in [0.25, 0.3) is 0 Å². The topological polar surface area (TPSA) is 138 Å². The number of hydrogen-bond donors (Lipinski definition) is 2. The number of benzene rings is 2. The van der Waals surface area contributed by atoms with Gasteiger partial charge < -0.3 is 5.32 Å². The summed E-state index contributed by atoms with van der Waals surface area (Å²) in [6, 6.07) is 14.3. The minimum absolute atomic E-state index is 0.00436. The van der Waals surface area contributed by atoms with E-state index in [2.05, 4.69) is 20.0 Å². The van der Waals surface area contributed by atoms with E-state index in [1.165, 1.54) is 28.6 Å². The molecule has 1 fully saturated rings. The number of rotatable bonds is 8. The molecule has 1 aliphatic rings. The van der Waals surface area contributed by atoms with Crippen LogP contribution in [0.3, 0.4) is 0 Å². The summed E-state index contributed by atoms with van der Waals surface area (Å²) in [4.78, 5) is 21.0. The molecule has 1 saturated heterocycles. The predicted octanol–water partition coefficient (Wildman–Crippen LogP) is 3.73. The van der Waals surface area contributed by atoms with Gasteiger partial charge in [-0.25, -0.2) is 35.8 Å². The molecule has 0 radical (unpaired) electrons. The molecule has 2 heterocycles. The van der Waals surface area contributed by atoms with Crippen molar-refractivity contribution in [3.05, 3.63) is 76.6 Å². The lowest BCUT2D eigenvalue weighted by Gasteiger charge is -2.30. The zero-order valence-electron chi connectivity index (χ0n) is 20.9. The number of amides is 1. The van der Waals surface area contributed by atoms with E-state index >= 15 is 0 Å². The summed E-state index contributed by atoms with van der Waals surface area (Å²) in [5, 5.41) is 3.19. The zero-order valence-corrected chi connectivity index (χ0v) is 23.3. The molecule has 0 spiro atoms. The summed E-state index contributed by atoms with van der Waals surface area (Å²) < 4.78 is 54.9. The first-order valence-electron chi connectivity index (χ1n) is 11.9. The highest BCUT2D eigenvalue weighted by molar-refractivity contribution is 7.92. The van der Waals surface area contributed by atoms with Crippen LogP contribution in [0.2, 0.25) is 5.02 Å². The summed E-state index contributed by atoms with van der Waals surface area (Å²) in [5.74, 6) is -0.817. The molecule has 0 bridgehead atoms. The fourth-order valence-corrected chi connectivity index (χ4v) is 7.03. The van der Waals surface area contributed by atoms with Crippen LogP contribution < -0.4 is 10.0 Å². The van der Waals surface area contributed by atoms with Crippen molar-refractivity contribution < 1.29 is 21.6 Å². The monoisotopic (exact) mass is 577 g/mol. The van der Waals surface area contributed by atoms with E-state index in [1.54, 1.807) is 44.2 Å². The summed E-state index contributed by atoms with van der Waals surface area (Å²) in [7, 11) is -7.48. The van der Waals surface area contributed by atoms with Crippen molar-refractivity contribution in [3.8, 4) is 0 Å². The Bertz CT molecular complexity index is 1520. The predicted molar refractivity (Wildman–Crippen MR) is 146 cm³/mol. The van der Waals surface area contributed by atoms with Gasteiger partial charge in [0.1, 0.15) is 0 Å². The number of hydrogen-bond acceptors (Lipinski definition) is 7. The molecule has 0 saturated carbocycles. The van der Waals surface area contributed by atoms with Gasteiger partial charge in [0.15, 0.2) is 0 Å². The van der Waals surface area contributed by atoms with Crippen LogP contribution in [-0.4, -0.2) is 50.1 Å². The van der Waals surface area contributed by atoms with Crippen LogP contribution in [0, 0.1) is 19.8 Å². The normalized spacial score (nSPS) is 15.2.